The summed E-state index contributed by atoms with van der Waals surface area (Å²) < 4.78 is 8.28. The lowest BCUT2D eigenvalue weighted by molar-refractivity contribution is 0.541. The fourth-order valence-corrected chi connectivity index (χ4v) is 24.6. The minimum atomic E-state index is 0.415. The van der Waals surface area contributed by atoms with Crippen molar-refractivity contribution in [2.24, 2.45) is 0 Å². The molecule has 0 radical (unpaired) electrons. The van der Waals surface area contributed by atoms with Crippen molar-refractivity contribution in [3.63, 3.8) is 0 Å². The zero-order valence-electron chi connectivity index (χ0n) is 75.6. The third-order valence-corrected chi connectivity index (χ3v) is 32.4. The van der Waals surface area contributed by atoms with Gasteiger partial charge in [-0.25, -0.2) is 0 Å². The molecule has 3 nitrogen and oxygen atoms in total. The number of fused-ring (bicyclic) bond motifs is 12. The molecule has 13 aromatic rings. The van der Waals surface area contributed by atoms with Crippen molar-refractivity contribution in [2.75, 3.05) is 0 Å². The van der Waals surface area contributed by atoms with Crippen molar-refractivity contribution >= 4 is 111 Å². The number of hydrogen-bond acceptors (Lipinski definition) is 4. The molecule has 0 fully saturated rings. The number of nitrogens with zero attached hydrogens (tertiary/aromatic N) is 3. The monoisotopic (exact) mass is 1680 g/mol. The normalized spacial score (nSPS) is 13.0. The maximum absolute atomic E-state index is 2.77. The molecule has 0 spiro atoms. The first kappa shape index (κ1) is 89.8. The van der Waals surface area contributed by atoms with E-state index in [1.807, 2.05) is 45.3 Å². The van der Waals surface area contributed by atoms with Gasteiger partial charge in [-0.15, -0.1) is 45.3 Å². The molecule has 1 unspecified atom stereocenters. The zero-order chi connectivity index (χ0) is 82.5. The van der Waals surface area contributed by atoms with E-state index in [1.165, 1.54) is 460 Å². The Balaban J connectivity index is 0.760. The highest BCUT2D eigenvalue weighted by Gasteiger charge is 2.32. The van der Waals surface area contributed by atoms with Crippen LogP contribution in [0.1, 0.15) is 383 Å². The van der Waals surface area contributed by atoms with Gasteiger partial charge >= 0.3 is 0 Å². The Bertz CT molecular complexity index is 5250. The van der Waals surface area contributed by atoms with Gasteiger partial charge in [0, 0.05) is 130 Å². The lowest BCUT2D eigenvalue weighted by Gasteiger charge is -2.15. The molecule has 6 aromatic carbocycles. The minimum Gasteiger partial charge on any atom is -0.340 e. The number of hydrogen-bond donors (Lipinski definition) is 0. The molecule has 0 saturated heterocycles. The van der Waals surface area contributed by atoms with E-state index in [4.69, 9.17) is 0 Å². The van der Waals surface area contributed by atoms with Gasteiger partial charge in [-0.2, -0.15) is 0 Å². The van der Waals surface area contributed by atoms with Crippen LogP contribution in [0.15, 0.2) is 146 Å². The molecule has 0 amide bonds. The third-order valence-electron chi connectivity index (χ3n) is 27.5. The highest BCUT2D eigenvalue weighted by Crippen LogP contribution is 2.52. The van der Waals surface area contributed by atoms with Gasteiger partial charge in [-0.05, 0) is 193 Å². The minimum absolute atomic E-state index is 0.415. The van der Waals surface area contributed by atoms with Crippen LogP contribution in [0, 0.1) is 0 Å². The molecule has 0 saturated carbocycles. The molecule has 1 aliphatic rings. The van der Waals surface area contributed by atoms with E-state index in [1.54, 1.807) is 16.0 Å². The Kier molecular flexibility index (Phi) is 35.6. The Morgan fingerprint density at radius 1 is 0.208 bits per heavy atom. The highest BCUT2D eigenvalue weighted by atomic mass is 32.1. The van der Waals surface area contributed by atoms with Crippen LogP contribution in [0.2, 0.25) is 0 Å². The smallest absolute Gasteiger partial charge is 0.0499 e. The summed E-state index contributed by atoms with van der Waals surface area (Å²) in [5.41, 5.74) is 20.0. The number of aryl methyl sites for hydroxylation is 5. The number of unbranched alkanes of at least 4 members (excludes halogenated alkanes) is 42. The Labute approximate surface area is 742 Å². The van der Waals surface area contributed by atoms with Crippen molar-refractivity contribution in [3.8, 4) is 62.6 Å². The van der Waals surface area contributed by atoms with Gasteiger partial charge in [-0.3, -0.25) is 0 Å². The van der Waals surface area contributed by atoms with Crippen molar-refractivity contribution < 1.29 is 0 Å². The average molecular weight is 1680 g/mol. The largest absolute Gasteiger partial charge is 0.340 e. The summed E-state index contributed by atoms with van der Waals surface area (Å²) >= 11 is 8.02. The van der Waals surface area contributed by atoms with Crippen LogP contribution in [-0.2, 0) is 32.5 Å². The molecule has 7 aromatic heterocycles. The van der Waals surface area contributed by atoms with E-state index in [-0.39, 0.29) is 0 Å². The summed E-state index contributed by atoms with van der Waals surface area (Å²) in [7, 11) is 0. The molecule has 1 atom stereocenters. The number of rotatable bonds is 59. The van der Waals surface area contributed by atoms with E-state index in [2.05, 4.69) is 201 Å². The van der Waals surface area contributed by atoms with E-state index < -0.39 is 0 Å². The molecule has 14 rings (SSSR count). The fraction of sp³-hybridized carbons (Fsp3) is 0.540. The van der Waals surface area contributed by atoms with Gasteiger partial charge in [0.2, 0.25) is 0 Å². The van der Waals surface area contributed by atoms with Crippen molar-refractivity contribution in [1.29, 1.82) is 0 Å². The summed E-state index contributed by atoms with van der Waals surface area (Å²) in [6.45, 7) is 17.1. The van der Waals surface area contributed by atoms with Crippen LogP contribution in [-0.4, -0.2) is 13.7 Å². The first-order chi connectivity index (χ1) is 59.4. The van der Waals surface area contributed by atoms with Gasteiger partial charge in [0.15, 0.2) is 0 Å². The number of benzene rings is 6. The predicted molar refractivity (Wildman–Crippen MR) is 539 cm³/mol. The maximum atomic E-state index is 2.77. The second-order valence-corrected chi connectivity index (χ2v) is 41.4. The van der Waals surface area contributed by atoms with Gasteiger partial charge in [0.05, 0.1) is 0 Å². The SMILES string of the molecule is CCCCCCCCCCCCC1c2cc(-c3ccc(CCCCCC)s3)ccc2-c2cc3c(cc21)c1ccc(-c2ccc(-c4ccc(-c5ccc6c7cc8c(cc7n(CCCCCCCCCCCC)c6c5)c5ccc(-c6ccc(CCCCCC)s6)cc5n8CCCCCCCCCCCC)s4)s2)cc1n3CCCCCCCCCCCC. The first-order valence-electron chi connectivity index (χ1n) is 50.0. The molecule has 0 aliphatic heterocycles. The topological polar surface area (TPSA) is 14.8 Å². The van der Waals surface area contributed by atoms with E-state index in [0.717, 1.165) is 19.6 Å². The Hall–Kier alpha value is -6.48. The second kappa shape index (κ2) is 47.6. The lowest BCUT2D eigenvalue weighted by Crippen LogP contribution is -1.99. The lowest BCUT2D eigenvalue weighted by atomic mass is 9.89. The van der Waals surface area contributed by atoms with E-state index in [9.17, 15) is 0 Å². The van der Waals surface area contributed by atoms with Crippen LogP contribution in [0.25, 0.3) is 128 Å². The zero-order valence-corrected chi connectivity index (χ0v) is 78.9. The van der Waals surface area contributed by atoms with Crippen LogP contribution in [0.3, 0.4) is 0 Å². The van der Waals surface area contributed by atoms with Gasteiger partial charge in [0.1, 0.15) is 0 Å². The van der Waals surface area contributed by atoms with Gasteiger partial charge in [0.25, 0.3) is 0 Å². The summed E-state index contributed by atoms with van der Waals surface area (Å²) in [5.74, 6) is 0.415. The van der Waals surface area contributed by atoms with Crippen LogP contribution < -0.4 is 0 Å². The quantitative estimate of drug-likeness (QED) is 0.0338. The predicted octanol–water partition coefficient (Wildman–Crippen LogP) is 39.0. The Morgan fingerprint density at radius 2 is 0.483 bits per heavy atom. The van der Waals surface area contributed by atoms with E-state index >= 15 is 0 Å². The van der Waals surface area contributed by atoms with Crippen LogP contribution >= 0.6 is 45.3 Å². The van der Waals surface area contributed by atoms with Crippen LogP contribution in [0.5, 0.6) is 0 Å². The van der Waals surface area contributed by atoms with Gasteiger partial charge in [-0.1, -0.05) is 366 Å². The van der Waals surface area contributed by atoms with E-state index in [0.29, 0.717) is 5.92 Å². The standard InChI is InChI=1S/C113H151N3S4/c1-7-13-19-25-29-33-37-41-45-51-57-91-96-77-85(108-68-62-89(117-108)55-49-23-17-11-5)58-64-92(96)98-82-105-99(81-97(91)98)93-65-60-87(79-102(93)114(105)74-52-46-42-38-34-30-26-20-14-8-2)110-70-72-112(119-110)113-73-71-111(120-113)88-61-67-95-101-84-106-100(83-107(101)116(104(95)80-88)76-54-48-44-40-36-32-28-22-16-10-4)94-66-59-86(109-69-63-90(118-109)56-50-24-18-12-6)78-103(94)115(106)75-53-47-43-39-35-31-27-21-15-9-3/h58-73,77-84,91H,7-57,74-76H2,1-6H3. The first-order valence-corrected chi connectivity index (χ1v) is 53.3. The van der Waals surface area contributed by atoms with Crippen molar-refractivity contribution in [1.82, 2.24) is 13.7 Å². The molecule has 1 aliphatic carbocycles. The molecule has 642 valence electrons. The van der Waals surface area contributed by atoms with Crippen LogP contribution in [0.4, 0.5) is 0 Å². The molecule has 0 N–H and O–H groups in total. The molecule has 7 heterocycles. The third kappa shape index (κ3) is 23.4. The average Bonchev–Trinajstić information content (AvgIpc) is 1.57. The maximum Gasteiger partial charge on any atom is 0.0499 e. The summed E-state index contributed by atoms with van der Waals surface area (Å²) in [4.78, 5) is 11.4. The second-order valence-electron chi connectivity index (χ2n) is 36.8. The summed E-state index contributed by atoms with van der Waals surface area (Å²) in [6.07, 6.45) is 68.3. The summed E-state index contributed by atoms with van der Waals surface area (Å²) in [6, 6.07) is 60.3. The highest BCUT2D eigenvalue weighted by molar-refractivity contribution is 7.25. The van der Waals surface area contributed by atoms with Crippen molar-refractivity contribution in [3.05, 3.63) is 166 Å². The molecule has 7 heteroatoms. The Morgan fingerprint density at radius 3 is 0.858 bits per heavy atom. The number of thiophene rings is 4. The number of aromatic nitrogens is 3. The summed E-state index contributed by atoms with van der Waals surface area (Å²) in [5, 5.41) is 8.50. The molecular weight excluding hydrogens is 1530 g/mol. The fourth-order valence-electron chi connectivity index (χ4n) is 20.4. The molecular formula is C113H151N3S4. The van der Waals surface area contributed by atoms with Gasteiger partial charge < -0.3 is 13.7 Å². The van der Waals surface area contributed by atoms with Crippen molar-refractivity contribution in [2.45, 2.75) is 395 Å². The molecule has 0 bridgehead atoms. The molecule has 120 heavy (non-hydrogen) atoms.